The maximum atomic E-state index is 12.5. The summed E-state index contributed by atoms with van der Waals surface area (Å²) in [5.74, 6) is -0.491. The van der Waals surface area contributed by atoms with Gasteiger partial charge in [0.1, 0.15) is 0 Å². The lowest BCUT2D eigenvalue weighted by atomic mass is 10.2. The Labute approximate surface area is 119 Å². The highest BCUT2D eigenvalue weighted by molar-refractivity contribution is 7.53. The molecule has 1 heterocycles. The standard InChI is InChI=1S/C13H20NO5P/c1-4-17-13(15)11-8-7-9-14-12(11)10-20(16,18-5-2)19-6-3/h7-9H,4-6,10H2,1-3H3. The zero-order valence-corrected chi connectivity index (χ0v) is 12.9. The van der Waals surface area contributed by atoms with Crippen LogP contribution in [0.15, 0.2) is 18.3 Å². The quantitative estimate of drug-likeness (QED) is 0.542. The summed E-state index contributed by atoms with van der Waals surface area (Å²) in [5.41, 5.74) is 0.644. The van der Waals surface area contributed by atoms with Gasteiger partial charge in [-0.05, 0) is 32.9 Å². The molecule has 1 aromatic rings. The minimum atomic E-state index is -3.30. The molecule has 0 aliphatic rings. The van der Waals surface area contributed by atoms with E-state index in [1.807, 2.05) is 0 Å². The molecule has 6 nitrogen and oxygen atoms in total. The van der Waals surface area contributed by atoms with E-state index in [4.69, 9.17) is 13.8 Å². The van der Waals surface area contributed by atoms with Crippen molar-refractivity contribution in [2.75, 3.05) is 19.8 Å². The van der Waals surface area contributed by atoms with Crippen LogP contribution < -0.4 is 0 Å². The van der Waals surface area contributed by atoms with Gasteiger partial charge in [0.2, 0.25) is 0 Å². The third-order valence-electron chi connectivity index (χ3n) is 2.38. The predicted octanol–water partition coefficient (Wildman–Crippen LogP) is 3.02. The molecule has 0 saturated carbocycles. The number of hydrogen-bond acceptors (Lipinski definition) is 6. The fourth-order valence-electron chi connectivity index (χ4n) is 1.66. The van der Waals surface area contributed by atoms with Crippen molar-refractivity contribution in [2.45, 2.75) is 26.9 Å². The summed E-state index contributed by atoms with van der Waals surface area (Å²) >= 11 is 0. The molecule has 0 atom stereocenters. The normalized spacial score (nSPS) is 11.3. The first-order valence-electron chi connectivity index (χ1n) is 6.55. The number of hydrogen-bond donors (Lipinski definition) is 0. The molecule has 0 bridgehead atoms. The van der Waals surface area contributed by atoms with Crippen molar-refractivity contribution < 1.29 is 23.1 Å². The van der Waals surface area contributed by atoms with Crippen LogP contribution in [0.25, 0.3) is 0 Å². The summed E-state index contributed by atoms with van der Waals surface area (Å²) in [6.07, 6.45) is 1.48. The van der Waals surface area contributed by atoms with Gasteiger partial charge in [-0.15, -0.1) is 0 Å². The fourth-order valence-corrected chi connectivity index (χ4v) is 3.33. The third-order valence-corrected chi connectivity index (χ3v) is 4.37. The van der Waals surface area contributed by atoms with E-state index in [9.17, 15) is 9.36 Å². The monoisotopic (exact) mass is 301 g/mol. The van der Waals surface area contributed by atoms with Crippen molar-refractivity contribution in [1.82, 2.24) is 4.98 Å². The number of pyridine rings is 1. The third kappa shape index (κ3) is 4.71. The van der Waals surface area contributed by atoms with Crippen molar-refractivity contribution in [3.63, 3.8) is 0 Å². The van der Waals surface area contributed by atoms with E-state index in [1.54, 1.807) is 32.9 Å². The molecule has 1 aromatic heterocycles. The average Bonchev–Trinajstić information content (AvgIpc) is 2.40. The molecule has 0 spiro atoms. The summed E-state index contributed by atoms with van der Waals surface area (Å²) < 4.78 is 27.9. The van der Waals surface area contributed by atoms with Gasteiger partial charge in [-0.25, -0.2) is 4.79 Å². The number of ether oxygens (including phenoxy) is 1. The topological polar surface area (TPSA) is 74.7 Å². The molecule has 0 aromatic carbocycles. The van der Waals surface area contributed by atoms with E-state index in [-0.39, 0.29) is 31.5 Å². The SMILES string of the molecule is CCOC(=O)c1cccnc1CP(=O)(OCC)OCC. The van der Waals surface area contributed by atoms with Crippen molar-refractivity contribution in [2.24, 2.45) is 0 Å². The van der Waals surface area contributed by atoms with Gasteiger partial charge in [0.15, 0.2) is 0 Å². The molecule has 0 saturated heterocycles. The van der Waals surface area contributed by atoms with Crippen LogP contribution in [0.4, 0.5) is 0 Å². The van der Waals surface area contributed by atoms with E-state index in [1.165, 1.54) is 6.20 Å². The molecule has 0 N–H and O–H groups in total. The van der Waals surface area contributed by atoms with Crippen LogP contribution in [0.2, 0.25) is 0 Å². The van der Waals surface area contributed by atoms with E-state index in [0.29, 0.717) is 5.69 Å². The number of aromatic nitrogens is 1. The number of rotatable bonds is 8. The molecule has 0 fully saturated rings. The highest BCUT2D eigenvalue weighted by Gasteiger charge is 2.27. The van der Waals surface area contributed by atoms with Crippen LogP contribution >= 0.6 is 7.60 Å². The number of esters is 1. The largest absolute Gasteiger partial charge is 0.462 e. The Kier molecular flexibility index (Phi) is 6.85. The Morgan fingerprint density at radius 1 is 1.20 bits per heavy atom. The Bertz CT molecular complexity index is 481. The molecule has 112 valence electrons. The van der Waals surface area contributed by atoms with Crippen LogP contribution in [0, 0.1) is 0 Å². The zero-order chi connectivity index (χ0) is 15.0. The molecular weight excluding hydrogens is 281 g/mol. The van der Waals surface area contributed by atoms with Gasteiger partial charge >= 0.3 is 13.6 Å². The van der Waals surface area contributed by atoms with Crippen molar-refractivity contribution in [1.29, 1.82) is 0 Å². The van der Waals surface area contributed by atoms with Crippen molar-refractivity contribution in [3.8, 4) is 0 Å². The summed E-state index contributed by atoms with van der Waals surface area (Å²) in [4.78, 5) is 15.9. The molecule has 0 aliphatic heterocycles. The number of carbonyl (C=O) groups is 1. The maximum absolute atomic E-state index is 12.5. The summed E-state index contributed by atoms with van der Waals surface area (Å²) in [5, 5.41) is 0. The van der Waals surface area contributed by atoms with Gasteiger partial charge < -0.3 is 13.8 Å². The second-order valence-corrected chi connectivity index (χ2v) is 5.88. The molecule has 0 amide bonds. The van der Waals surface area contributed by atoms with Crippen molar-refractivity contribution >= 4 is 13.6 Å². The lowest BCUT2D eigenvalue weighted by Gasteiger charge is -2.17. The Morgan fingerprint density at radius 2 is 1.85 bits per heavy atom. The number of carbonyl (C=O) groups excluding carboxylic acids is 1. The number of nitrogens with zero attached hydrogens (tertiary/aromatic N) is 1. The first-order chi connectivity index (χ1) is 9.56. The maximum Gasteiger partial charge on any atom is 0.339 e. The molecule has 1 rings (SSSR count). The smallest absolute Gasteiger partial charge is 0.339 e. The second-order valence-electron chi connectivity index (χ2n) is 3.82. The van der Waals surface area contributed by atoms with Gasteiger partial charge in [-0.3, -0.25) is 9.55 Å². The van der Waals surface area contributed by atoms with Gasteiger partial charge in [-0.2, -0.15) is 0 Å². The highest BCUT2D eigenvalue weighted by atomic mass is 31.2. The minimum absolute atomic E-state index is 0.0519. The van der Waals surface area contributed by atoms with Crippen LogP contribution in [-0.4, -0.2) is 30.8 Å². The molecule has 20 heavy (non-hydrogen) atoms. The lowest BCUT2D eigenvalue weighted by molar-refractivity contribution is 0.0525. The van der Waals surface area contributed by atoms with Crippen LogP contribution in [-0.2, 0) is 24.5 Å². The zero-order valence-electron chi connectivity index (χ0n) is 12.0. The summed E-state index contributed by atoms with van der Waals surface area (Å²) in [6.45, 7) is 5.98. The Morgan fingerprint density at radius 3 is 2.40 bits per heavy atom. The molecule has 0 unspecified atom stereocenters. The van der Waals surface area contributed by atoms with Gasteiger partial charge in [0.05, 0.1) is 37.2 Å². The van der Waals surface area contributed by atoms with E-state index < -0.39 is 13.6 Å². The molecule has 0 radical (unpaired) electrons. The lowest BCUT2D eigenvalue weighted by Crippen LogP contribution is -2.10. The van der Waals surface area contributed by atoms with Gasteiger partial charge in [0, 0.05) is 6.20 Å². The van der Waals surface area contributed by atoms with Gasteiger partial charge in [-0.1, -0.05) is 0 Å². The fraction of sp³-hybridized carbons (Fsp3) is 0.538. The summed E-state index contributed by atoms with van der Waals surface area (Å²) in [6, 6.07) is 3.21. The Balaban J connectivity index is 3.01. The predicted molar refractivity (Wildman–Crippen MR) is 74.8 cm³/mol. The van der Waals surface area contributed by atoms with Crippen molar-refractivity contribution in [3.05, 3.63) is 29.6 Å². The Hall–Kier alpha value is -1.23. The molecular formula is C13H20NO5P. The van der Waals surface area contributed by atoms with E-state index in [0.717, 1.165) is 0 Å². The minimum Gasteiger partial charge on any atom is -0.462 e. The molecule has 7 heteroatoms. The first kappa shape index (κ1) is 16.8. The first-order valence-corrected chi connectivity index (χ1v) is 8.28. The highest BCUT2D eigenvalue weighted by Crippen LogP contribution is 2.51. The van der Waals surface area contributed by atoms with E-state index in [2.05, 4.69) is 4.98 Å². The van der Waals surface area contributed by atoms with Crippen LogP contribution in [0.3, 0.4) is 0 Å². The second kappa shape index (κ2) is 8.15. The average molecular weight is 301 g/mol. The van der Waals surface area contributed by atoms with Gasteiger partial charge in [0.25, 0.3) is 0 Å². The molecule has 0 aliphatic carbocycles. The summed E-state index contributed by atoms with van der Waals surface area (Å²) in [7, 11) is -3.30. The van der Waals surface area contributed by atoms with Crippen LogP contribution in [0.1, 0.15) is 36.8 Å². The van der Waals surface area contributed by atoms with Crippen LogP contribution in [0.5, 0.6) is 0 Å². The van der Waals surface area contributed by atoms with E-state index >= 15 is 0 Å².